The van der Waals surface area contributed by atoms with Gasteiger partial charge < -0.3 is 5.32 Å². The van der Waals surface area contributed by atoms with Crippen LogP contribution in [0.5, 0.6) is 0 Å². The molecule has 1 heterocycles. The Kier molecular flexibility index (Phi) is 7.62. The first kappa shape index (κ1) is 16.9. The maximum atomic E-state index is 3.72. The van der Waals surface area contributed by atoms with Crippen LogP contribution in [-0.2, 0) is 6.42 Å². The van der Waals surface area contributed by atoms with Gasteiger partial charge in [0.1, 0.15) is 0 Å². The molecule has 0 aromatic heterocycles. The highest BCUT2D eigenvalue weighted by atomic mass is 32.2. The predicted octanol–water partition coefficient (Wildman–Crippen LogP) is 3.42. The van der Waals surface area contributed by atoms with Gasteiger partial charge in [-0.05, 0) is 42.9 Å². The summed E-state index contributed by atoms with van der Waals surface area (Å²) in [6.45, 7) is 8.14. The quantitative estimate of drug-likeness (QED) is 0.741. The van der Waals surface area contributed by atoms with Crippen LogP contribution < -0.4 is 5.32 Å². The molecule has 2 nitrogen and oxygen atoms in total. The zero-order valence-electron chi connectivity index (χ0n) is 13.6. The minimum Gasteiger partial charge on any atom is -0.311 e. The van der Waals surface area contributed by atoms with Crippen molar-refractivity contribution in [1.29, 1.82) is 0 Å². The molecule has 1 aliphatic heterocycles. The molecule has 0 amide bonds. The van der Waals surface area contributed by atoms with Crippen molar-refractivity contribution in [1.82, 2.24) is 10.2 Å². The van der Waals surface area contributed by atoms with E-state index in [1.165, 1.54) is 49.4 Å². The van der Waals surface area contributed by atoms with Crippen molar-refractivity contribution in [2.75, 3.05) is 31.1 Å². The van der Waals surface area contributed by atoms with Crippen LogP contribution in [0.25, 0.3) is 0 Å². The van der Waals surface area contributed by atoms with Crippen molar-refractivity contribution >= 4 is 11.8 Å². The Labute approximate surface area is 134 Å². The Balaban J connectivity index is 1.89. The highest BCUT2D eigenvalue weighted by molar-refractivity contribution is 7.99. The van der Waals surface area contributed by atoms with Crippen molar-refractivity contribution < 1.29 is 0 Å². The van der Waals surface area contributed by atoms with Crippen LogP contribution in [-0.4, -0.2) is 48.1 Å². The van der Waals surface area contributed by atoms with Crippen LogP contribution in [0.15, 0.2) is 30.3 Å². The summed E-state index contributed by atoms with van der Waals surface area (Å²) < 4.78 is 0. The molecular formula is C18H30N2S. The number of piperazine rings is 1. The number of hydrogen-bond acceptors (Lipinski definition) is 3. The summed E-state index contributed by atoms with van der Waals surface area (Å²) in [5, 5.41) is 3.72. The Morgan fingerprint density at radius 1 is 1.24 bits per heavy atom. The highest BCUT2D eigenvalue weighted by Gasteiger charge is 2.26. The first-order valence-electron chi connectivity index (χ1n) is 8.42. The van der Waals surface area contributed by atoms with Crippen molar-refractivity contribution in [3.8, 4) is 0 Å². The Bertz CT molecular complexity index is 382. The summed E-state index contributed by atoms with van der Waals surface area (Å²) in [4.78, 5) is 2.73. The minimum absolute atomic E-state index is 0.654. The average molecular weight is 307 g/mol. The van der Waals surface area contributed by atoms with E-state index in [2.05, 4.69) is 66.2 Å². The molecule has 118 valence electrons. The van der Waals surface area contributed by atoms with Crippen LogP contribution in [0, 0.1) is 0 Å². The second-order valence-corrected chi connectivity index (χ2v) is 7.30. The molecule has 3 heteroatoms. The molecule has 1 aromatic rings. The van der Waals surface area contributed by atoms with Crippen molar-refractivity contribution in [3.05, 3.63) is 35.9 Å². The Morgan fingerprint density at radius 3 is 2.76 bits per heavy atom. The third-order valence-electron chi connectivity index (χ3n) is 4.36. The molecule has 0 aliphatic carbocycles. The zero-order chi connectivity index (χ0) is 14.9. The van der Waals surface area contributed by atoms with Gasteiger partial charge in [0.2, 0.25) is 0 Å². The van der Waals surface area contributed by atoms with Gasteiger partial charge in [-0.25, -0.2) is 0 Å². The topological polar surface area (TPSA) is 15.3 Å². The molecule has 1 saturated heterocycles. The van der Waals surface area contributed by atoms with Crippen LogP contribution in [0.3, 0.4) is 0 Å². The van der Waals surface area contributed by atoms with E-state index in [1.54, 1.807) is 0 Å². The molecule has 2 atom stereocenters. The van der Waals surface area contributed by atoms with E-state index in [0.717, 1.165) is 6.54 Å². The second kappa shape index (κ2) is 9.50. The maximum Gasteiger partial charge on any atom is 0.0261 e. The van der Waals surface area contributed by atoms with Gasteiger partial charge in [-0.3, -0.25) is 4.90 Å². The van der Waals surface area contributed by atoms with Crippen molar-refractivity contribution in [2.45, 2.75) is 45.2 Å². The molecular weight excluding hydrogens is 276 g/mol. The summed E-state index contributed by atoms with van der Waals surface area (Å²) in [6.07, 6.45) is 3.73. The normalized spacial score (nSPS) is 23.3. The minimum atomic E-state index is 0.654. The SMILES string of the molecule is CCSCCCN1CC(CC)NCC1Cc1ccccc1. The van der Waals surface area contributed by atoms with Gasteiger partial charge in [0.15, 0.2) is 0 Å². The zero-order valence-corrected chi connectivity index (χ0v) is 14.4. The van der Waals surface area contributed by atoms with Crippen LogP contribution >= 0.6 is 11.8 Å². The first-order valence-corrected chi connectivity index (χ1v) is 9.58. The molecule has 1 N–H and O–H groups in total. The van der Waals surface area contributed by atoms with Gasteiger partial charge in [0.25, 0.3) is 0 Å². The fourth-order valence-electron chi connectivity index (χ4n) is 3.08. The third-order valence-corrected chi connectivity index (χ3v) is 5.34. The fraction of sp³-hybridized carbons (Fsp3) is 0.667. The molecule has 2 rings (SSSR count). The van der Waals surface area contributed by atoms with Gasteiger partial charge >= 0.3 is 0 Å². The summed E-state index contributed by atoms with van der Waals surface area (Å²) in [5.41, 5.74) is 1.46. The lowest BCUT2D eigenvalue weighted by atomic mass is 10.00. The molecule has 0 bridgehead atoms. The lowest BCUT2D eigenvalue weighted by Crippen LogP contribution is -2.57. The van der Waals surface area contributed by atoms with E-state index in [-0.39, 0.29) is 0 Å². The van der Waals surface area contributed by atoms with Gasteiger partial charge in [0, 0.05) is 25.2 Å². The number of nitrogens with zero attached hydrogens (tertiary/aromatic N) is 1. The van der Waals surface area contributed by atoms with E-state index >= 15 is 0 Å². The molecule has 1 aromatic carbocycles. The van der Waals surface area contributed by atoms with Crippen molar-refractivity contribution in [3.63, 3.8) is 0 Å². The van der Waals surface area contributed by atoms with Gasteiger partial charge in [-0.15, -0.1) is 0 Å². The third kappa shape index (κ3) is 5.65. The van der Waals surface area contributed by atoms with Gasteiger partial charge in [-0.1, -0.05) is 44.2 Å². The van der Waals surface area contributed by atoms with Gasteiger partial charge in [0.05, 0.1) is 0 Å². The van der Waals surface area contributed by atoms with Crippen LogP contribution in [0.1, 0.15) is 32.3 Å². The standard InChI is InChI=1S/C18H30N2S/c1-3-17-15-20(11-8-12-21-4-2)18(14-19-17)13-16-9-6-5-7-10-16/h5-7,9-10,17-19H,3-4,8,11-15H2,1-2H3. The smallest absolute Gasteiger partial charge is 0.0261 e. The molecule has 2 unspecified atom stereocenters. The van der Waals surface area contributed by atoms with E-state index in [0.29, 0.717) is 12.1 Å². The largest absolute Gasteiger partial charge is 0.311 e. The maximum absolute atomic E-state index is 3.72. The van der Waals surface area contributed by atoms with E-state index in [4.69, 9.17) is 0 Å². The highest BCUT2D eigenvalue weighted by Crippen LogP contribution is 2.15. The summed E-state index contributed by atoms with van der Waals surface area (Å²) in [7, 11) is 0. The number of thioether (sulfide) groups is 1. The fourth-order valence-corrected chi connectivity index (χ4v) is 3.70. The lowest BCUT2D eigenvalue weighted by Gasteiger charge is -2.40. The summed E-state index contributed by atoms with van der Waals surface area (Å²) in [5.74, 6) is 2.54. The summed E-state index contributed by atoms with van der Waals surface area (Å²) in [6, 6.07) is 12.3. The summed E-state index contributed by atoms with van der Waals surface area (Å²) >= 11 is 2.07. The molecule has 0 radical (unpaired) electrons. The van der Waals surface area contributed by atoms with Crippen molar-refractivity contribution in [2.24, 2.45) is 0 Å². The van der Waals surface area contributed by atoms with Crippen LogP contribution in [0.2, 0.25) is 0 Å². The monoisotopic (exact) mass is 306 g/mol. The van der Waals surface area contributed by atoms with Crippen LogP contribution in [0.4, 0.5) is 0 Å². The second-order valence-electron chi connectivity index (χ2n) is 5.90. The molecule has 0 saturated carbocycles. The number of rotatable bonds is 8. The van der Waals surface area contributed by atoms with E-state index < -0.39 is 0 Å². The average Bonchev–Trinajstić information content (AvgIpc) is 2.54. The molecule has 1 aliphatic rings. The van der Waals surface area contributed by atoms with Gasteiger partial charge in [-0.2, -0.15) is 11.8 Å². The van der Waals surface area contributed by atoms with E-state index in [1.807, 2.05) is 0 Å². The molecule has 21 heavy (non-hydrogen) atoms. The molecule has 0 spiro atoms. The predicted molar refractivity (Wildman–Crippen MR) is 95.2 cm³/mol. The molecule has 1 fully saturated rings. The first-order chi connectivity index (χ1) is 10.3. The number of benzene rings is 1. The Hall–Kier alpha value is -0.510. The Morgan fingerprint density at radius 2 is 2.05 bits per heavy atom. The number of nitrogens with one attached hydrogen (secondary N) is 1. The van der Waals surface area contributed by atoms with E-state index in [9.17, 15) is 0 Å². The number of hydrogen-bond donors (Lipinski definition) is 1. The lowest BCUT2D eigenvalue weighted by molar-refractivity contribution is 0.128.